The average molecular weight is 456 g/mol. The second kappa shape index (κ2) is 12.3. The number of nitrogens with zero attached hydrogens (tertiary/aromatic N) is 3. The van der Waals surface area contributed by atoms with Gasteiger partial charge in [0, 0.05) is 38.3 Å². The summed E-state index contributed by atoms with van der Waals surface area (Å²) in [6.07, 6.45) is 8.13. The predicted octanol–water partition coefficient (Wildman–Crippen LogP) is 2.35. The van der Waals surface area contributed by atoms with Gasteiger partial charge in [0.2, 0.25) is 5.91 Å². The summed E-state index contributed by atoms with van der Waals surface area (Å²) in [7, 11) is 1.79. The first kappa shape index (κ1) is 24.6. The van der Waals surface area contributed by atoms with E-state index in [1.807, 2.05) is 0 Å². The Hall–Kier alpha value is -1.47. The Morgan fingerprint density at radius 3 is 2.27 bits per heavy atom. The standard InChI is InChI=1S/C27H45N5O/c1-3-14-30-18-12-25(13-19-30)32-21-24(20-26(32)27(33)28-2)29-23-10-16-31(17-11-23)15-9-22-7-5-4-6-8-22/h4-8,23-26,29H,3,9-21H2,1-2H3,(H,28,33)/t24-,26+/m1/s1. The molecule has 3 heterocycles. The molecule has 0 saturated carbocycles. The topological polar surface area (TPSA) is 50.9 Å². The molecule has 184 valence electrons. The van der Waals surface area contributed by atoms with Crippen LogP contribution in [-0.4, -0.2) is 97.6 Å². The summed E-state index contributed by atoms with van der Waals surface area (Å²) in [5, 5.41) is 6.90. The summed E-state index contributed by atoms with van der Waals surface area (Å²) in [6, 6.07) is 12.4. The van der Waals surface area contributed by atoms with Gasteiger partial charge in [-0.15, -0.1) is 0 Å². The van der Waals surface area contributed by atoms with E-state index in [1.54, 1.807) is 7.05 Å². The Labute approximate surface area is 201 Å². The van der Waals surface area contributed by atoms with E-state index in [-0.39, 0.29) is 11.9 Å². The minimum Gasteiger partial charge on any atom is -0.358 e. The summed E-state index contributed by atoms with van der Waals surface area (Å²) < 4.78 is 0. The van der Waals surface area contributed by atoms with Crippen molar-refractivity contribution < 1.29 is 4.79 Å². The molecule has 6 heteroatoms. The van der Waals surface area contributed by atoms with Crippen LogP contribution in [0.1, 0.15) is 51.0 Å². The zero-order chi connectivity index (χ0) is 23.0. The third-order valence-corrected chi connectivity index (χ3v) is 8.07. The van der Waals surface area contributed by atoms with Crippen molar-refractivity contribution in [1.29, 1.82) is 0 Å². The number of rotatable bonds is 9. The van der Waals surface area contributed by atoms with Crippen molar-refractivity contribution in [3.63, 3.8) is 0 Å². The van der Waals surface area contributed by atoms with Crippen LogP contribution >= 0.6 is 0 Å². The molecule has 1 aromatic rings. The van der Waals surface area contributed by atoms with Crippen LogP contribution in [0.4, 0.5) is 0 Å². The third kappa shape index (κ3) is 6.78. The zero-order valence-corrected chi connectivity index (χ0v) is 20.8. The molecule has 33 heavy (non-hydrogen) atoms. The van der Waals surface area contributed by atoms with Crippen molar-refractivity contribution in [2.75, 3.05) is 52.9 Å². The van der Waals surface area contributed by atoms with Gasteiger partial charge in [-0.25, -0.2) is 0 Å². The number of likely N-dealkylation sites (tertiary alicyclic amines) is 3. The maximum Gasteiger partial charge on any atom is 0.237 e. The van der Waals surface area contributed by atoms with Gasteiger partial charge in [-0.2, -0.15) is 0 Å². The molecule has 0 radical (unpaired) electrons. The van der Waals surface area contributed by atoms with Crippen LogP contribution in [0.25, 0.3) is 0 Å². The highest BCUT2D eigenvalue weighted by Gasteiger charge is 2.41. The van der Waals surface area contributed by atoms with E-state index in [4.69, 9.17) is 0 Å². The Kier molecular flexibility index (Phi) is 9.18. The van der Waals surface area contributed by atoms with Crippen LogP contribution in [0.3, 0.4) is 0 Å². The first-order chi connectivity index (χ1) is 16.2. The van der Waals surface area contributed by atoms with E-state index in [2.05, 4.69) is 62.6 Å². The van der Waals surface area contributed by atoms with E-state index >= 15 is 0 Å². The van der Waals surface area contributed by atoms with Crippen LogP contribution in [-0.2, 0) is 11.2 Å². The first-order valence-electron chi connectivity index (χ1n) is 13.4. The van der Waals surface area contributed by atoms with Gasteiger partial charge in [-0.05, 0) is 83.2 Å². The monoisotopic (exact) mass is 455 g/mol. The predicted molar refractivity (Wildman–Crippen MR) is 135 cm³/mol. The number of hydrogen-bond acceptors (Lipinski definition) is 5. The largest absolute Gasteiger partial charge is 0.358 e. The molecule has 0 aliphatic carbocycles. The van der Waals surface area contributed by atoms with Crippen molar-refractivity contribution in [1.82, 2.24) is 25.3 Å². The van der Waals surface area contributed by atoms with E-state index in [0.717, 1.165) is 25.9 Å². The Bertz CT molecular complexity index is 712. The molecule has 2 atom stereocenters. The first-order valence-corrected chi connectivity index (χ1v) is 13.4. The van der Waals surface area contributed by atoms with Crippen molar-refractivity contribution >= 4 is 5.91 Å². The number of hydrogen-bond donors (Lipinski definition) is 2. The van der Waals surface area contributed by atoms with E-state index < -0.39 is 0 Å². The summed E-state index contributed by atoms with van der Waals surface area (Å²) in [6.45, 7) is 10.3. The fourth-order valence-corrected chi connectivity index (χ4v) is 6.19. The molecule has 0 bridgehead atoms. The van der Waals surface area contributed by atoms with E-state index in [1.165, 1.54) is 70.4 Å². The van der Waals surface area contributed by atoms with Gasteiger partial charge in [0.25, 0.3) is 0 Å². The van der Waals surface area contributed by atoms with Crippen LogP contribution in [0.15, 0.2) is 30.3 Å². The molecule has 2 N–H and O–H groups in total. The minimum atomic E-state index is 0.0289. The van der Waals surface area contributed by atoms with Crippen LogP contribution in [0.2, 0.25) is 0 Å². The Morgan fingerprint density at radius 1 is 0.939 bits per heavy atom. The summed E-state index contributed by atoms with van der Waals surface area (Å²) in [5.74, 6) is 0.200. The summed E-state index contributed by atoms with van der Waals surface area (Å²) in [4.78, 5) is 20.4. The van der Waals surface area contributed by atoms with Gasteiger partial charge in [0.15, 0.2) is 0 Å². The van der Waals surface area contributed by atoms with E-state index in [0.29, 0.717) is 18.1 Å². The van der Waals surface area contributed by atoms with Gasteiger partial charge >= 0.3 is 0 Å². The molecular weight excluding hydrogens is 410 g/mol. The highest BCUT2D eigenvalue weighted by atomic mass is 16.2. The van der Waals surface area contributed by atoms with Crippen molar-refractivity contribution in [3.8, 4) is 0 Å². The Morgan fingerprint density at radius 2 is 1.61 bits per heavy atom. The lowest BCUT2D eigenvalue weighted by molar-refractivity contribution is -0.126. The van der Waals surface area contributed by atoms with Gasteiger partial charge in [-0.3, -0.25) is 9.69 Å². The molecule has 3 saturated heterocycles. The van der Waals surface area contributed by atoms with Gasteiger partial charge in [0.1, 0.15) is 0 Å². The molecule has 3 aliphatic rings. The van der Waals surface area contributed by atoms with Crippen molar-refractivity contribution in [2.24, 2.45) is 0 Å². The number of piperidine rings is 2. The molecular formula is C27H45N5O. The second-order valence-electron chi connectivity index (χ2n) is 10.4. The molecule has 6 nitrogen and oxygen atoms in total. The highest BCUT2D eigenvalue weighted by molar-refractivity contribution is 5.82. The molecule has 4 rings (SSSR count). The lowest BCUT2D eigenvalue weighted by Gasteiger charge is -2.39. The highest BCUT2D eigenvalue weighted by Crippen LogP contribution is 2.27. The quantitative estimate of drug-likeness (QED) is 0.599. The molecule has 3 fully saturated rings. The Balaban J connectivity index is 1.23. The molecule has 3 aliphatic heterocycles. The maximum absolute atomic E-state index is 12.7. The van der Waals surface area contributed by atoms with Gasteiger partial charge in [0.05, 0.1) is 6.04 Å². The molecule has 0 spiro atoms. The lowest BCUT2D eigenvalue weighted by atomic mass is 10.0. The van der Waals surface area contributed by atoms with Gasteiger partial charge in [-0.1, -0.05) is 37.3 Å². The number of carbonyl (C=O) groups excluding carboxylic acids is 1. The fourth-order valence-electron chi connectivity index (χ4n) is 6.19. The van der Waals surface area contributed by atoms with Gasteiger partial charge < -0.3 is 20.4 Å². The minimum absolute atomic E-state index is 0.0289. The molecule has 0 unspecified atom stereocenters. The second-order valence-corrected chi connectivity index (χ2v) is 10.4. The number of nitrogens with one attached hydrogen (secondary N) is 2. The number of amides is 1. The summed E-state index contributed by atoms with van der Waals surface area (Å²) >= 11 is 0. The van der Waals surface area contributed by atoms with Crippen molar-refractivity contribution in [2.45, 2.75) is 76.0 Å². The molecule has 1 amide bonds. The van der Waals surface area contributed by atoms with Crippen LogP contribution < -0.4 is 10.6 Å². The smallest absolute Gasteiger partial charge is 0.237 e. The van der Waals surface area contributed by atoms with E-state index in [9.17, 15) is 4.79 Å². The molecule has 1 aromatic carbocycles. The summed E-state index contributed by atoms with van der Waals surface area (Å²) in [5.41, 5.74) is 1.43. The molecule has 0 aromatic heterocycles. The van der Waals surface area contributed by atoms with Crippen molar-refractivity contribution in [3.05, 3.63) is 35.9 Å². The maximum atomic E-state index is 12.7. The van der Waals surface area contributed by atoms with Crippen LogP contribution in [0.5, 0.6) is 0 Å². The SMILES string of the molecule is CCCN1CCC(N2C[C@H](NC3CCN(CCc4ccccc4)CC3)C[C@H]2C(=O)NC)CC1. The lowest BCUT2D eigenvalue weighted by Crippen LogP contribution is -2.51. The number of likely N-dealkylation sites (N-methyl/N-ethyl adjacent to an activating group) is 1. The number of carbonyl (C=O) groups is 1. The third-order valence-electron chi connectivity index (χ3n) is 8.07. The van der Waals surface area contributed by atoms with Crippen LogP contribution in [0, 0.1) is 0 Å². The number of benzene rings is 1. The average Bonchev–Trinajstić information content (AvgIpc) is 3.28. The normalized spacial score (nSPS) is 26.6. The fraction of sp³-hybridized carbons (Fsp3) is 0.741. The zero-order valence-electron chi connectivity index (χ0n) is 20.8.